The maximum absolute atomic E-state index is 12.3. The average Bonchev–Trinajstić information content (AvgIpc) is 2.37. The van der Waals surface area contributed by atoms with Crippen LogP contribution in [-0.4, -0.2) is 13.2 Å². The van der Waals surface area contributed by atoms with Crippen molar-refractivity contribution in [3.05, 3.63) is 48.0 Å². The van der Waals surface area contributed by atoms with Gasteiger partial charge in [-0.05, 0) is 26.0 Å². The van der Waals surface area contributed by atoms with Crippen molar-refractivity contribution in [1.29, 1.82) is 0 Å². The van der Waals surface area contributed by atoms with E-state index in [4.69, 9.17) is 13.8 Å². The van der Waals surface area contributed by atoms with E-state index >= 15 is 0 Å². The highest BCUT2D eigenvalue weighted by Gasteiger charge is 2.29. The number of hydrogen-bond acceptors (Lipinski definition) is 4. The minimum Gasteiger partial charge on any atom is -0.481 e. The number of benzene rings is 1. The van der Waals surface area contributed by atoms with Crippen molar-refractivity contribution < 1.29 is 18.3 Å². The second kappa shape index (κ2) is 7.37. The number of rotatable bonds is 8. The molecule has 0 radical (unpaired) electrons. The zero-order valence-corrected chi connectivity index (χ0v) is 11.7. The molecule has 100 valence electrons. The van der Waals surface area contributed by atoms with E-state index in [0.717, 1.165) is 5.56 Å². The lowest BCUT2D eigenvalue weighted by atomic mass is 10.2. The van der Waals surface area contributed by atoms with E-state index in [0.29, 0.717) is 6.61 Å². The highest BCUT2D eigenvalue weighted by Crippen LogP contribution is 2.55. The molecule has 1 aromatic rings. The van der Waals surface area contributed by atoms with Gasteiger partial charge in [0.1, 0.15) is 6.61 Å². The molecule has 0 heterocycles. The van der Waals surface area contributed by atoms with Crippen LogP contribution in [0.1, 0.15) is 19.4 Å². The van der Waals surface area contributed by atoms with Gasteiger partial charge in [-0.1, -0.05) is 30.3 Å². The largest absolute Gasteiger partial charge is 0.481 e. The summed E-state index contributed by atoms with van der Waals surface area (Å²) < 4.78 is 27.9. The molecule has 0 saturated carbocycles. The molecule has 0 atom stereocenters. The summed E-state index contributed by atoms with van der Waals surface area (Å²) in [5.74, 6) is 0. The molecule has 0 unspecified atom stereocenters. The fraction of sp³-hybridized carbons (Fsp3) is 0.385. The van der Waals surface area contributed by atoms with Crippen LogP contribution in [0.5, 0.6) is 0 Å². The molecule has 0 aliphatic carbocycles. The smallest absolute Gasteiger partial charge is 0.394 e. The lowest BCUT2D eigenvalue weighted by Crippen LogP contribution is -2.01. The summed E-state index contributed by atoms with van der Waals surface area (Å²) in [7, 11) is -3.36. The molecule has 0 saturated heterocycles. The van der Waals surface area contributed by atoms with Gasteiger partial charge in [0, 0.05) is 0 Å². The van der Waals surface area contributed by atoms with Crippen molar-refractivity contribution in [3.63, 3.8) is 0 Å². The van der Waals surface area contributed by atoms with Gasteiger partial charge in [-0.25, -0.2) is 0 Å². The van der Waals surface area contributed by atoms with Crippen LogP contribution in [0, 0.1) is 0 Å². The molecule has 0 aliphatic heterocycles. The monoisotopic (exact) mass is 270 g/mol. The standard InChI is InChI=1S/C13H19O4P/c1-4-16-18(14,17-5-2)12(3)15-11-13-9-7-6-8-10-13/h6-10H,3-5,11H2,1-2H3. The first kappa shape index (κ1) is 15.0. The van der Waals surface area contributed by atoms with Crippen LogP contribution in [0.15, 0.2) is 42.4 Å². The van der Waals surface area contributed by atoms with E-state index in [1.807, 2.05) is 30.3 Å². The minimum absolute atomic E-state index is 0.0510. The first-order valence-electron chi connectivity index (χ1n) is 5.87. The molecule has 0 spiro atoms. The van der Waals surface area contributed by atoms with Crippen molar-refractivity contribution >= 4 is 7.60 Å². The van der Waals surface area contributed by atoms with Crippen LogP contribution in [0.25, 0.3) is 0 Å². The zero-order valence-electron chi connectivity index (χ0n) is 10.8. The van der Waals surface area contributed by atoms with Gasteiger partial charge in [0.15, 0.2) is 0 Å². The molecular formula is C13H19O4P. The third-order valence-electron chi connectivity index (χ3n) is 2.15. The zero-order chi connectivity index (χ0) is 13.4. The first-order chi connectivity index (χ1) is 8.62. The van der Waals surface area contributed by atoms with Gasteiger partial charge in [0.2, 0.25) is 5.50 Å². The van der Waals surface area contributed by atoms with Gasteiger partial charge in [-0.3, -0.25) is 4.57 Å². The van der Waals surface area contributed by atoms with Gasteiger partial charge in [0.05, 0.1) is 13.2 Å². The van der Waals surface area contributed by atoms with Crippen LogP contribution in [0.3, 0.4) is 0 Å². The predicted octanol–water partition coefficient (Wildman–Crippen LogP) is 3.94. The Morgan fingerprint density at radius 3 is 2.22 bits per heavy atom. The van der Waals surface area contributed by atoms with Crippen molar-refractivity contribution in [3.8, 4) is 0 Å². The van der Waals surface area contributed by atoms with E-state index < -0.39 is 7.60 Å². The number of ether oxygens (including phenoxy) is 1. The van der Waals surface area contributed by atoms with Gasteiger partial charge >= 0.3 is 7.60 Å². The SMILES string of the molecule is C=C(OCc1ccccc1)P(=O)(OCC)OCC. The Hall–Kier alpha value is -1.09. The molecule has 0 N–H and O–H groups in total. The first-order valence-corrected chi connectivity index (χ1v) is 7.42. The van der Waals surface area contributed by atoms with Crippen molar-refractivity contribution in [2.45, 2.75) is 20.5 Å². The van der Waals surface area contributed by atoms with Crippen LogP contribution in [0.2, 0.25) is 0 Å². The van der Waals surface area contributed by atoms with Gasteiger partial charge < -0.3 is 13.8 Å². The number of hydrogen-bond donors (Lipinski definition) is 0. The molecule has 1 rings (SSSR count). The van der Waals surface area contributed by atoms with Gasteiger partial charge in [-0.15, -0.1) is 0 Å². The quantitative estimate of drug-likeness (QED) is 0.530. The van der Waals surface area contributed by atoms with E-state index in [1.54, 1.807) is 13.8 Å². The van der Waals surface area contributed by atoms with Crippen LogP contribution < -0.4 is 0 Å². The predicted molar refractivity (Wildman–Crippen MR) is 71.2 cm³/mol. The second-order valence-electron chi connectivity index (χ2n) is 3.50. The third-order valence-corrected chi connectivity index (χ3v) is 4.09. The summed E-state index contributed by atoms with van der Waals surface area (Å²) in [6, 6.07) is 9.57. The van der Waals surface area contributed by atoms with Crippen LogP contribution in [0.4, 0.5) is 0 Å². The van der Waals surface area contributed by atoms with E-state index in [1.165, 1.54) is 0 Å². The van der Waals surface area contributed by atoms with E-state index in [2.05, 4.69) is 6.58 Å². The van der Waals surface area contributed by atoms with Crippen molar-refractivity contribution in [2.75, 3.05) is 13.2 Å². The highest BCUT2D eigenvalue weighted by molar-refractivity contribution is 7.58. The summed E-state index contributed by atoms with van der Waals surface area (Å²) in [6.07, 6.45) is 0. The van der Waals surface area contributed by atoms with Crippen molar-refractivity contribution in [1.82, 2.24) is 0 Å². The Bertz CT molecular complexity index is 406. The molecule has 1 aromatic carbocycles. The highest BCUT2D eigenvalue weighted by atomic mass is 31.2. The minimum atomic E-state index is -3.36. The fourth-order valence-corrected chi connectivity index (χ4v) is 2.61. The maximum Gasteiger partial charge on any atom is 0.394 e. The molecule has 5 heteroatoms. The molecule has 18 heavy (non-hydrogen) atoms. The Labute approximate surface area is 108 Å². The normalized spacial score (nSPS) is 11.2. The Kier molecular flexibility index (Phi) is 6.13. The van der Waals surface area contributed by atoms with Gasteiger partial charge in [-0.2, -0.15) is 0 Å². The fourth-order valence-electron chi connectivity index (χ4n) is 1.34. The summed E-state index contributed by atoms with van der Waals surface area (Å²) in [6.45, 7) is 8.00. The van der Waals surface area contributed by atoms with Crippen LogP contribution in [-0.2, 0) is 25.0 Å². The molecular weight excluding hydrogens is 251 g/mol. The average molecular weight is 270 g/mol. The van der Waals surface area contributed by atoms with E-state index in [9.17, 15) is 4.57 Å². The van der Waals surface area contributed by atoms with Gasteiger partial charge in [0.25, 0.3) is 0 Å². The third kappa shape index (κ3) is 4.30. The molecule has 4 nitrogen and oxygen atoms in total. The second-order valence-corrected chi connectivity index (χ2v) is 5.51. The summed E-state index contributed by atoms with van der Waals surface area (Å²) in [5, 5.41) is 0. The summed E-state index contributed by atoms with van der Waals surface area (Å²) in [5.41, 5.74) is 1.02. The molecule has 0 amide bonds. The Morgan fingerprint density at radius 2 is 1.72 bits per heavy atom. The topological polar surface area (TPSA) is 44.8 Å². The van der Waals surface area contributed by atoms with E-state index in [-0.39, 0.29) is 18.7 Å². The molecule has 0 bridgehead atoms. The molecule has 0 aliphatic rings. The molecule has 0 aromatic heterocycles. The lowest BCUT2D eigenvalue weighted by Gasteiger charge is -2.19. The molecule has 0 fully saturated rings. The Balaban J connectivity index is 2.60. The van der Waals surface area contributed by atoms with Crippen molar-refractivity contribution in [2.24, 2.45) is 0 Å². The summed E-state index contributed by atoms with van der Waals surface area (Å²) >= 11 is 0. The van der Waals surface area contributed by atoms with Crippen LogP contribution >= 0.6 is 7.60 Å². The summed E-state index contributed by atoms with van der Waals surface area (Å²) in [4.78, 5) is 0. The maximum atomic E-state index is 12.3. The Morgan fingerprint density at radius 1 is 1.17 bits per heavy atom. The lowest BCUT2D eigenvalue weighted by molar-refractivity contribution is 0.171.